The van der Waals surface area contributed by atoms with Crippen LogP contribution in [0.5, 0.6) is 0 Å². The van der Waals surface area contributed by atoms with Crippen LogP contribution in [-0.4, -0.2) is 26.7 Å². The van der Waals surface area contributed by atoms with E-state index >= 15 is 0 Å². The number of rotatable bonds is 2. The predicted octanol–water partition coefficient (Wildman–Crippen LogP) is 2.59. The molecule has 5 N–H and O–H groups in total. The number of aliphatic hydroxyl groups excluding tert-OH is 1. The van der Waals surface area contributed by atoms with E-state index in [1.165, 1.54) is 0 Å². The van der Waals surface area contributed by atoms with Crippen LogP contribution in [0.15, 0.2) is 28.3 Å². The number of hydrogen-bond acceptors (Lipinski definition) is 4. The summed E-state index contributed by atoms with van der Waals surface area (Å²) in [6, 6.07) is 1.81. The third kappa shape index (κ3) is 2.35. The lowest BCUT2D eigenvalue weighted by Gasteiger charge is -2.27. The summed E-state index contributed by atoms with van der Waals surface area (Å²) in [5.74, 6) is -0.558. The summed E-state index contributed by atoms with van der Waals surface area (Å²) in [6.45, 7) is 5.71. The number of aliphatic hydroxyl groups is 1. The van der Waals surface area contributed by atoms with Crippen LogP contribution in [-0.2, 0) is 0 Å². The highest BCUT2D eigenvalue weighted by atomic mass is 79.9. The Bertz CT molecular complexity index is 927. The zero-order valence-corrected chi connectivity index (χ0v) is 15.3. The highest BCUT2D eigenvalue weighted by molar-refractivity contribution is 9.10. The molecule has 0 aromatic carbocycles. The molecule has 2 aromatic rings. The van der Waals surface area contributed by atoms with Gasteiger partial charge in [0, 0.05) is 21.5 Å². The number of nitrogens with zero attached hydrogens (tertiary/aromatic N) is 2. The number of nitrogen functional groups attached to an aromatic ring is 1. The standard InChI is InChI=1S/C17H19BrN4O2/c1-7-4-5-12(23)8(2)14(7)22-15(19)13(16(20)24)10-6-11(18)9(3)21-17(10)22/h4-6,8,12,23H,19H2,1-3H3,(H2,20,24). The molecule has 2 unspecified atom stereocenters. The molecule has 3 rings (SSSR count). The Labute approximate surface area is 148 Å². The van der Waals surface area contributed by atoms with E-state index < -0.39 is 12.0 Å². The summed E-state index contributed by atoms with van der Waals surface area (Å²) >= 11 is 3.43. The first kappa shape index (κ1) is 16.7. The summed E-state index contributed by atoms with van der Waals surface area (Å²) in [6.07, 6.45) is 2.96. The van der Waals surface area contributed by atoms with E-state index in [-0.39, 0.29) is 17.3 Å². The van der Waals surface area contributed by atoms with Gasteiger partial charge in [-0.1, -0.05) is 19.1 Å². The maximum absolute atomic E-state index is 12.0. The number of carbonyl (C=O) groups is 1. The second kappa shape index (κ2) is 5.75. The van der Waals surface area contributed by atoms with Crippen LogP contribution in [0.1, 0.15) is 29.9 Å². The minimum Gasteiger partial charge on any atom is -0.388 e. The van der Waals surface area contributed by atoms with Crippen LogP contribution in [0, 0.1) is 12.8 Å². The third-order valence-electron chi connectivity index (χ3n) is 4.49. The summed E-state index contributed by atoms with van der Waals surface area (Å²) in [5, 5.41) is 10.8. The number of anilines is 1. The fourth-order valence-corrected chi connectivity index (χ4v) is 3.50. The van der Waals surface area contributed by atoms with Crippen LogP contribution in [0.25, 0.3) is 16.7 Å². The quantitative estimate of drug-likeness (QED) is 0.731. The van der Waals surface area contributed by atoms with Gasteiger partial charge in [-0.05, 0) is 41.4 Å². The Balaban J connectivity index is 2.45. The summed E-state index contributed by atoms with van der Waals surface area (Å²) in [4.78, 5) is 16.6. The number of carbonyl (C=O) groups excluding carboxylic acids is 1. The second-order valence-corrected chi connectivity index (χ2v) is 6.95. The molecule has 6 nitrogen and oxygen atoms in total. The monoisotopic (exact) mass is 390 g/mol. The number of primary amides is 1. The zero-order valence-electron chi connectivity index (χ0n) is 13.7. The molecule has 2 atom stereocenters. The lowest BCUT2D eigenvalue weighted by atomic mass is 9.91. The molecule has 0 radical (unpaired) electrons. The first-order chi connectivity index (χ1) is 11.2. The maximum atomic E-state index is 12.0. The van der Waals surface area contributed by atoms with Crippen molar-refractivity contribution in [2.45, 2.75) is 26.9 Å². The average Bonchev–Trinajstić information content (AvgIpc) is 2.77. The van der Waals surface area contributed by atoms with Crippen molar-refractivity contribution in [3.63, 3.8) is 0 Å². The van der Waals surface area contributed by atoms with Gasteiger partial charge in [0.2, 0.25) is 0 Å². The molecular formula is C17H19BrN4O2. The van der Waals surface area contributed by atoms with E-state index in [2.05, 4.69) is 20.9 Å². The third-order valence-corrected chi connectivity index (χ3v) is 5.29. The average molecular weight is 391 g/mol. The van der Waals surface area contributed by atoms with E-state index in [0.717, 1.165) is 21.4 Å². The topological polar surface area (TPSA) is 107 Å². The number of pyridine rings is 1. The lowest BCUT2D eigenvalue weighted by molar-refractivity contribution is 0.100. The molecular weight excluding hydrogens is 372 g/mol. The lowest BCUT2D eigenvalue weighted by Crippen LogP contribution is -2.24. The van der Waals surface area contributed by atoms with Crippen molar-refractivity contribution >= 4 is 44.4 Å². The summed E-state index contributed by atoms with van der Waals surface area (Å²) in [5.41, 5.74) is 15.2. The van der Waals surface area contributed by atoms with Crippen LogP contribution in [0.3, 0.4) is 0 Å². The normalized spacial score (nSPS) is 20.9. The fourth-order valence-electron chi connectivity index (χ4n) is 3.19. The molecule has 0 spiro atoms. The van der Waals surface area contributed by atoms with Crippen LogP contribution in [0.2, 0.25) is 0 Å². The van der Waals surface area contributed by atoms with Crippen LogP contribution in [0.4, 0.5) is 5.82 Å². The molecule has 0 saturated carbocycles. The van der Waals surface area contributed by atoms with E-state index in [1.54, 1.807) is 16.7 Å². The minimum absolute atomic E-state index is 0.195. The number of nitrogens with two attached hydrogens (primary N) is 2. The number of fused-ring (bicyclic) bond motifs is 1. The molecule has 7 heteroatoms. The Kier molecular flexibility index (Phi) is 4.01. The van der Waals surface area contributed by atoms with Crippen molar-refractivity contribution in [3.8, 4) is 0 Å². The van der Waals surface area contributed by atoms with Gasteiger partial charge in [-0.15, -0.1) is 0 Å². The first-order valence-corrected chi connectivity index (χ1v) is 8.37. The molecule has 1 aliphatic rings. The van der Waals surface area contributed by atoms with E-state index in [0.29, 0.717) is 11.0 Å². The Morgan fingerprint density at radius 1 is 1.42 bits per heavy atom. The minimum atomic E-state index is -0.630. The number of halogens is 1. The van der Waals surface area contributed by atoms with Gasteiger partial charge in [-0.3, -0.25) is 9.36 Å². The van der Waals surface area contributed by atoms with Crippen molar-refractivity contribution in [1.82, 2.24) is 9.55 Å². The molecule has 0 aliphatic heterocycles. The van der Waals surface area contributed by atoms with Crippen molar-refractivity contribution < 1.29 is 9.90 Å². The zero-order chi connectivity index (χ0) is 17.8. The van der Waals surface area contributed by atoms with Crippen molar-refractivity contribution in [2.75, 3.05) is 5.73 Å². The van der Waals surface area contributed by atoms with E-state index in [4.69, 9.17) is 11.5 Å². The van der Waals surface area contributed by atoms with Gasteiger partial charge >= 0.3 is 0 Å². The van der Waals surface area contributed by atoms with Gasteiger partial charge in [0.1, 0.15) is 11.5 Å². The number of hydrogen-bond donors (Lipinski definition) is 3. The summed E-state index contributed by atoms with van der Waals surface area (Å²) < 4.78 is 2.51. The van der Waals surface area contributed by atoms with Gasteiger partial charge in [-0.25, -0.2) is 4.98 Å². The first-order valence-electron chi connectivity index (χ1n) is 7.58. The number of amides is 1. The number of allylic oxidation sites excluding steroid dienone is 2. The smallest absolute Gasteiger partial charge is 0.253 e. The Morgan fingerprint density at radius 2 is 2.08 bits per heavy atom. The highest BCUT2D eigenvalue weighted by Crippen LogP contribution is 2.38. The van der Waals surface area contributed by atoms with E-state index in [9.17, 15) is 9.90 Å². The van der Waals surface area contributed by atoms with Gasteiger partial charge in [0.05, 0.1) is 17.4 Å². The molecule has 24 heavy (non-hydrogen) atoms. The predicted molar refractivity (Wildman–Crippen MR) is 98.3 cm³/mol. The molecule has 126 valence electrons. The summed E-state index contributed by atoms with van der Waals surface area (Å²) in [7, 11) is 0. The molecule has 2 aromatic heterocycles. The van der Waals surface area contributed by atoms with E-state index in [1.807, 2.05) is 26.8 Å². The van der Waals surface area contributed by atoms with Gasteiger partial charge in [0.15, 0.2) is 0 Å². The molecule has 0 saturated heterocycles. The molecule has 1 amide bonds. The highest BCUT2D eigenvalue weighted by Gasteiger charge is 2.29. The number of aryl methyl sites for hydroxylation is 1. The molecule has 0 fully saturated rings. The largest absolute Gasteiger partial charge is 0.388 e. The molecule has 2 heterocycles. The van der Waals surface area contributed by atoms with Crippen molar-refractivity contribution in [1.29, 1.82) is 0 Å². The molecule has 0 bridgehead atoms. The number of aromatic nitrogens is 2. The Morgan fingerprint density at radius 3 is 2.71 bits per heavy atom. The van der Waals surface area contributed by atoms with Gasteiger partial charge in [0.25, 0.3) is 5.91 Å². The van der Waals surface area contributed by atoms with Crippen molar-refractivity contribution in [2.24, 2.45) is 11.7 Å². The van der Waals surface area contributed by atoms with Crippen LogP contribution < -0.4 is 11.5 Å². The second-order valence-electron chi connectivity index (χ2n) is 6.09. The Hall–Kier alpha value is -2.12. The maximum Gasteiger partial charge on any atom is 0.253 e. The van der Waals surface area contributed by atoms with Crippen molar-refractivity contribution in [3.05, 3.63) is 39.5 Å². The van der Waals surface area contributed by atoms with Crippen LogP contribution >= 0.6 is 15.9 Å². The SMILES string of the molecule is CC1=C(n2c(N)c(C(N)=O)c3cc(Br)c(C)nc32)C(C)C(O)C=C1. The fraction of sp³-hybridized carbons (Fsp3) is 0.294. The van der Waals surface area contributed by atoms with Gasteiger partial charge < -0.3 is 16.6 Å². The molecule has 1 aliphatic carbocycles. The van der Waals surface area contributed by atoms with Gasteiger partial charge in [-0.2, -0.15) is 0 Å².